The van der Waals surface area contributed by atoms with Crippen molar-refractivity contribution in [2.45, 2.75) is 44.9 Å². The van der Waals surface area contributed by atoms with Gasteiger partial charge in [0.15, 0.2) is 0 Å². The van der Waals surface area contributed by atoms with Crippen LogP contribution in [0.25, 0.3) is 10.9 Å². The molecular weight excluding hydrogens is 348 g/mol. The van der Waals surface area contributed by atoms with Crippen molar-refractivity contribution < 1.29 is 9.53 Å². The molecule has 1 aliphatic rings. The van der Waals surface area contributed by atoms with E-state index in [0.717, 1.165) is 53.6 Å². The summed E-state index contributed by atoms with van der Waals surface area (Å²) in [6.07, 6.45) is 5.67. The normalized spacial score (nSPS) is 15.5. The van der Waals surface area contributed by atoms with Gasteiger partial charge in [0.25, 0.3) is 0 Å². The van der Waals surface area contributed by atoms with Crippen LogP contribution in [0.2, 0.25) is 0 Å². The van der Waals surface area contributed by atoms with Gasteiger partial charge in [0, 0.05) is 11.6 Å². The topological polar surface area (TPSA) is 51.2 Å². The molecule has 28 heavy (non-hydrogen) atoms. The first-order valence-corrected chi connectivity index (χ1v) is 10.0. The molecule has 1 fully saturated rings. The first-order valence-electron chi connectivity index (χ1n) is 10.0. The molecule has 0 atom stereocenters. The predicted octanol–water partition coefficient (Wildman–Crippen LogP) is 5.39. The van der Waals surface area contributed by atoms with E-state index in [1.54, 1.807) is 6.20 Å². The number of benzene rings is 2. The summed E-state index contributed by atoms with van der Waals surface area (Å²) in [4.78, 5) is 18.0. The number of amides is 1. The standard InChI is InChI=1S/C24H26N2O2/c1-3-28-21-12-11-20(19-10-7-15-25-22(19)21)26-23(27)24(13-4-5-14-24)18-9-6-8-17(2)16-18/h6-12,15-16H,3-5,13-14H2,1-2H3,(H,26,27). The number of nitrogens with one attached hydrogen (secondary N) is 1. The zero-order valence-corrected chi connectivity index (χ0v) is 16.5. The van der Waals surface area contributed by atoms with Gasteiger partial charge in [-0.1, -0.05) is 42.7 Å². The summed E-state index contributed by atoms with van der Waals surface area (Å²) >= 11 is 0. The quantitative estimate of drug-likeness (QED) is 0.651. The number of hydrogen-bond acceptors (Lipinski definition) is 3. The predicted molar refractivity (Wildman–Crippen MR) is 113 cm³/mol. The maximum Gasteiger partial charge on any atom is 0.235 e. The molecule has 0 radical (unpaired) electrons. The van der Waals surface area contributed by atoms with Crippen LogP contribution in [0.1, 0.15) is 43.7 Å². The fourth-order valence-electron chi connectivity index (χ4n) is 4.34. The summed E-state index contributed by atoms with van der Waals surface area (Å²) in [7, 11) is 0. The summed E-state index contributed by atoms with van der Waals surface area (Å²) in [6.45, 7) is 4.61. The van der Waals surface area contributed by atoms with E-state index < -0.39 is 5.41 Å². The van der Waals surface area contributed by atoms with Crippen molar-refractivity contribution in [3.8, 4) is 5.75 Å². The summed E-state index contributed by atoms with van der Waals surface area (Å²) in [6, 6.07) is 16.1. The Morgan fingerprint density at radius 2 is 1.96 bits per heavy atom. The molecule has 1 N–H and O–H groups in total. The number of rotatable bonds is 5. The highest BCUT2D eigenvalue weighted by molar-refractivity contribution is 6.06. The van der Waals surface area contributed by atoms with E-state index >= 15 is 0 Å². The van der Waals surface area contributed by atoms with Gasteiger partial charge in [0.2, 0.25) is 5.91 Å². The SMILES string of the molecule is CCOc1ccc(NC(=O)C2(c3cccc(C)c3)CCCC2)c2cccnc12. The molecule has 3 aromatic rings. The van der Waals surface area contributed by atoms with E-state index in [9.17, 15) is 4.79 Å². The Bertz CT molecular complexity index is 1010. The fraction of sp³-hybridized carbons (Fsp3) is 0.333. The highest BCUT2D eigenvalue weighted by Gasteiger charge is 2.42. The third-order valence-corrected chi connectivity index (χ3v) is 5.74. The molecule has 1 saturated carbocycles. The number of nitrogens with zero attached hydrogens (tertiary/aromatic N) is 1. The third kappa shape index (κ3) is 3.24. The van der Waals surface area contributed by atoms with Crippen LogP contribution in [0.5, 0.6) is 5.75 Å². The van der Waals surface area contributed by atoms with Crippen molar-refractivity contribution in [2.75, 3.05) is 11.9 Å². The van der Waals surface area contributed by atoms with Gasteiger partial charge < -0.3 is 10.1 Å². The molecule has 2 aromatic carbocycles. The highest BCUT2D eigenvalue weighted by atomic mass is 16.5. The monoisotopic (exact) mass is 374 g/mol. The molecule has 0 aliphatic heterocycles. The van der Waals surface area contributed by atoms with Crippen LogP contribution < -0.4 is 10.1 Å². The first kappa shape index (κ1) is 18.5. The maximum absolute atomic E-state index is 13.5. The minimum atomic E-state index is -0.459. The molecule has 4 rings (SSSR count). The van der Waals surface area contributed by atoms with Gasteiger partial charge in [-0.15, -0.1) is 0 Å². The number of carbonyl (C=O) groups is 1. The molecule has 0 saturated heterocycles. The molecule has 4 heteroatoms. The van der Waals surface area contributed by atoms with Gasteiger partial charge in [-0.3, -0.25) is 9.78 Å². The van der Waals surface area contributed by atoms with E-state index in [1.165, 1.54) is 5.56 Å². The van der Waals surface area contributed by atoms with Crippen LogP contribution in [-0.2, 0) is 10.2 Å². The third-order valence-electron chi connectivity index (χ3n) is 5.74. The lowest BCUT2D eigenvalue weighted by Crippen LogP contribution is -2.38. The summed E-state index contributed by atoms with van der Waals surface area (Å²) in [5.41, 5.74) is 3.41. The number of pyridine rings is 1. The molecule has 0 unspecified atom stereocenters. The molecule has 0 bridgehead atoms. The smallest absolute Gasteiger partial charge is 0.235 e. The van der Waals surface area contributed by atoms with E-state index in [0.29, 0.717) is 6.61 Å². The lowest BCUT2D eigenvalue weighted by molar-refractivity contribution is -0.121. The minimum absolute atomic E-state index is 0.0740. The molecule has 4 nitrogen and oxygen atoms in total. The fourth-order valence-corrected chi connectivity index (χ4v) is 4.34. The average Bonchev–Trinajstić information content (AvgIpc) is 3.21. The second-order valence-electron chi connectivity index (χ2n) is 7.56. The Balaban J connectivity index is 1.72. The van der Waals surface area contributed by atoms with Gasteiger partial charge in [-0.2, -0.15) is 0 Å². The Hall–Kier alpha value is -2.88. The number of hydrogen-bond donors (Lipinski definition) is 1. The van der Waals surface area contributed by atoms with Gasteiger partial charge in [0.05, 0.1) is 17.7 Å². The molecule has 1 aliphatic carbocycles. The van der Waals surface area contributed by atoms with Crippen molar-refractivity contribution >= 4 is 22.5 Å². The largest absolute Gasteiger partial charge is 0.492 e. The van der Waals surface area contributed by atoms with Crippen LogP contribution in [0.15, 0.2) is 54.7 Å². The van der Waals surface area contributed by atoms with Crippen LogP contribution >= 0.6 is 0 Å². The van der Waals surface area contributed by atoms with E-state index in [4.69, 9.17) is 4.74 Å². The average molecular weight is 374 g/mol. The Kier molecular flexibility index (Phi) is 5.03. The zero-order valence-electron chi connectivity index (χ0n) is 16.5. The lowest BCUT2D eigenvalue weighted by Gasteiger charge is -2.29. The zero-order chi connectivity index (χ0) is 19.6. The van der Waals surface area contributed by atoms with Gasteiger partial charge in [-0.05, 0) is 56.5 Å². The van der Waals surface area contributed by atoms with Gasteiger partial charge >= 0.3 is 0 Å². The number of aryl methyl sites for hydroxylation is 1. The summed E-state index contributed by atoms with van der Waals surface area (Å²) in [5, 5.41) is 4.12. The number of ether oxygens (including phenoxy) is 1. The first-order chi connectivity index (χ1) is 13.6. The molecule has 0 spiro atoms. The number of aromatic nitrogens is 1. The van der Waals surface area contributed by atoms with Gasteiger partial charge in [-0.25, -0.2) is 0 Å². The van der Waals surface area contributed by atoms with Crippen LogP contribution in [0.3, 0.4) is 0 Å². The Labute approximate surface area is 165 Å². The highest BCUT2D eigenvalue weighted by Crippen LogP contribution is 2.43. The van der Waals surface area contributed by atoms with Crippen LogP contribution in [0.4, 0.5) is 5.69 Å². The Morgan fingerprint density at radius 1 is 1.14 bits per heavy atom. The molecule has 1 heterocycles. The van der Waals surface area contributed by atoms with Crippen molar-refractivity contribution in [1.82, 2.24) is 4.98 Å². The van der Waals surface area contributed by atoms with Crippen LogP contribution in [0, 0.1) is 6.92 Å². The van der Waals surface area contributed by atoms with Gasteiger partial charge in [0.1, 0.15) is 11.3 Å². The maximum atomic E-state index is 13.5. The number of carbonyl (C=O) groups excluding carboxylic acids is 1. The molecular formula is C24H26N2O2. The van der Waals surface area contributed by atoms with E-state index in [2.05, 4.69) is 35.4 Å². The van der Waals surface area contributed by atoms with Crippen molar-refractivity contribution in [3.63, 3.8) is 0 Å². The van der Waals surface area contributed by atoms with Crippen molar-refractivity contribution in [2.24, 2.45) is 0 Å². The second-order valence-corrected chi connectivity index (χ2v) is 7.56. The summed E-state index contributed by atoms with van der Waals surface area (Å²) in [5.74, 6) is 0.815. The lowest BCUT2D eigenvalue weighted by atomic mass is 9.77. The Morgan fingerprint density at radius 3 is 2.71 bits per heavy atom. The second kappa shape index (κ2) is 7.63. The number of anilines is 1. The van der Waals surface area contributed by atoms with Crippen molar-refractivity contribution in [1.29, 1.82) is 0 Å². The van der Waals surface area contributed by atoms with Crippen molar-refractivity contribution in [3.05, 3.63) is 65.9 Å². The van der Waals surface area contributed by atoms with E-state index in [-0.39, 0.29) is 5.91 Å². The minimum Gasteiger partial charge on any atom is -0.492 e. The van der Waals surface area contributed by atoms with E-state index in [1.807, 2.05) is 37.3 Å². The summed E-state index contributed by atoms with van der Waals surface area (Å²) < 4.78 is 5.71. The molecule has 1 aromatic heterocycles. The molecule has 1 amide bonds. The van der Waals surface area contributed by atoms with Crippen LogP contribution in [-0.4, -0.2) is 17.5 Å². The number of fused-ring (bicyclic) bond motifs is 1. The molecule has 144 valence electrons.